The topological polar surface area (TPSA) is 98.7 Å². The zero-order valence-electron chi connectivity index (χ0n) is 17.4. The molecule has 0 aliphatic rings. The highest BCUT2D eigenvalue weighted by Gasteiger charge is 2.26. The van der Waals surface area contributed by atoms with Crippen LogP contribution in [0.15, 0.2) is 59.4 Å². The molecule has 0 spiro atoms. The Labute approximate surface area is 178 Å². The molecule has 0 aliphatic heterocycles. The van der Waals surface area contributed by atoms with E-state index in [1.54, 1.807) is 18.2 Å². The number of rotatable bonds is 6. The van der Waals surface area contributed by atoms with Crippen molar-refractivity contribution < 1.29 is 14.6 Å². The van der Waals surface area contributed by atoms with Crippen molar-refractivity contribution in [3.8, 4) is 17.1 Å². The Bertz CT molecular complexity index is 1320. The molecular formula is C23H22N4O4. The first kappa shape index (κ1) is 20.3. The SMILES string of the molecule is COc1ccc(-c2ccc(=O)n(Cc3ccccc3)n2)c2c(C(=O)O)c(C(C)C)nn12. The highest BCUT2D eigenvalue weighted by atomic mass is 16.5. The fourth-order valence-electron chi connectivity index (χ4n) is 3.59. The van der Waals surface area contributed by atoms with Crippen molar-refractivity contribution in [1.82, 2.24) is 19.4 Å². The number of fused-ring (bicyclic) bond motifs is 1. The molecule has 0 saturated carbocycles. The van der Waals surface area contributed by atoms with Gasteiger partial charge in [-0.2, -0.15) is 14.7 Å². The first-order chi connectivity index (χ1) is 14.9. The summed E-state index contributed by atoms with van der Waals surface area (Å²) < 4.78 is 8.26. The number of carboxylic acid groups (broad SMARTS) is 1. The fraction of sp³-hybridized carbons (Fsp3) is 0.217. The zero-order valence-corrected chi connectivity index (χ0v) is 17.4. The van der Waals surface area contributed by atoms with Gasteiger partial charge in [-0.15, -0.1) is 0 Å². The van der Waals surface area contributed by atoms with Crippen LogP contribution in [0.25, 0.3) is 16.8 Å². The summed E-state index contributed by atoms with van der Waals surface area (Å²) in [5.74, 6) is -0.778. The van der Waals surface area contributed by atoms with Crippen LogP contribution in [0.2, 0.25) is 0 Å². The summed E-state index contributed by atoms with van der Waals surface area (Å²) in [6.07, 6.45) is 0. The number of ether oxygens (including phenoxy) is 1. The maximum Gasteiger partial charge on any atom is 0.339 e. The average molecular weight is 418 g/mol. The molecule has 1 N–H and O–H groups in total. The second kappa shape index (κ2) is 8.06. The van der Waals surface area contributed by atoms with Crippen LogP contribution in [0.3, 0.4) is 0 Å². The van der Waals surface area contributed by atoms with Gasteiger partial charge < -0.3 is 9.84 Å². The summed E-state index contributed by atoms with van der Waals surface area (Å²) in [7, 11) is 1.50. The fourth-order valence-corrected chi connectivity index (χ4v) is 3.59. The summed E-state index contributed by atoms with van der Waals surface area (Å²) in [6, 6.07) is 16.0. The predicted octanol–water partition coefficient (Wildman–Crippen LogP) is 3.44. The minimum absolute atomic E-state index is 0.103. The summed E-state index contributed by atoms with van der Waals surface area (Å²) in [4.78, 5) is 24.6. The molecule has 0 bridgehead atoms. The Hall–Kier alpha value is -3.94. The number of nitrogens with zero attached hydrogens (tertiary/aromatic N) is 4. The van der Waals surface area contributed by atoms with Crippen LogP contribution >= 0.6 is 0 Å². The maximum absolute atomic E-state index is 12.4. The van der Waals surface area contributed by atoms with Crippen LogP contribution in [0, 0.1) is 0 Å². The number of benzene rings is 1. The maximum atomic E-state index is 12.4. The molecule has 8 nitrogen and oxygen atoms in total. The standard InChI is InChI=1S/C23H22N4O4/c1-14(2)21-20(23(29)30)22-16(9-12-19(31-3)27(22)25-21)17-10-11-18(28)26(24-17)13-15-7-5-4-6-8-15/h4-12,14H,13H2,1-3H3,(H,29,30). The van der Waals surface area contributed by atoms with E-state index in [-0.39, 0.29) is 17.0 Å². The quantitative estimate of drug-likeness (QED) is 0.515. The van der Waals surface area contributed by atoms with Crippen molar-refractivity contribution in [2.24, 2.45) is 0 Å². The molecule has 0 aliphatic carbocycles. The van der Waals surface area contributed by atoms with E-state index in [0.29, 0.717) is 34.9 Å². The van der Waals surface area contributed by atoms with Crippen molar-refractivity contribution in [2.45, 2.75) is 26.3 Å². The monoisotopic (exact) mass is 418 g/mol. The average Bonchev–Trinajstić information content (AvgIpc) is 3.17. The van der Waals surface area contributed by atoms with Crippen LogP contribution in [0.1, 0.15) is 41.4 Å². The lowest BCUT2D eigenvalue weighted by Crippen LogP contribution is -2.22. The van der Waals surface area contributed by atoms with Gasteiger partial charge in [0.05, 0.1) is 30.6 Å². The van der Waals surface area contributed by atoms with E-state index in [0.717, 1.165) is 5.56 Å². The van der Waals surface area contributed by atoms with Crippen LogP contribution in [-0.2, 0) is 6.54 Å². The number of methoxy groups -OCH3 is 1. The van der Waals surface area contributed by atoms with Crippen LogP contribution in [0.5, 0.6) is 5.88 Å². The Kier molecular flexibility index (Phi) is 5.29. The molecule has 0 saturated heterocycles. The molecule has 8 heteroatoms. The number of aromatic carboxylic acids is 1. The number of pyridine rings is 1. The van der Waals surface area contributed by atoms with E-state index < -0.39 is 5.97 Å². The molecule has 31 heavy (non-hydrogen) atoms. The third kappa shape index (κ3) is 3.68. The van der Waals surface area contributed by atoms with E-state index in [2.05, 4.69) is 10.2 Å². The first-order valence-corrected chi connectivity index (χ1v) is 9.86. The van der Waals surface area contributed by atoms with Gasteiger partial charge in [0.2, 0.25) is 5.88 Å². The van der Waals surface area contributed by atoms with Gasteiger partial charge in [-0.1, -0.05) is 44.2 Å². The van der Waals surface area contributed by atoms with Crippen LogP contribution < -0.4 is 10.3 Å². The number of carbonyl (C=O) groups is 1. The van der Waals surface area contributed by atoms with Crippen molar-refractivity contribution in [2.75, 3.05) is 7.11 Å². The van der Waals surface area contributed by atoms with E-state index in [9.17, 15) is 14.7 Å². The van der Waals surface area contributed by atoms with Crippen molar-refractivity contribution in [1.29, 1.82) is 0 Å². The number of hydrogen-bond donors (Lipinski definition) is 1. The van der Waals surface area contributed by atoms with Crippen molar-refractivity contribution >= 4 is 11.5 Å². The summed E-state index contributed by atoms with van der Waals surface area (Å²) in [6.45, 7) is 4.08. The van der Waals surface area contributed by atoms with E-state index in [1.165, 1.54) is 22.4 Å². The Morgan fingerprint density at radius 2 is 1.81 bits per heavy atom. The van der Waals surface area contributed by atoms with Gasteiger partial charge in [-0.05, 0) is 23.6 Å². The number of hydrogen-bond acceptors (Lipinski definition) is 5. The van der Waals surface area contributed by atoms with Crippen LogP contribution in [0.4, 0.5) is 0 Å². The zero-order chi connectivity index (χ0) is 22.1. The van der Waals surface area contributed by atoms with Gasteiger partial charge >= 0.3 is 5.97 Å². The van der Waals surface area contributed by atoms with Gasteiger partial charge in [0.25, 0.3) is 5.56 Å². The second-order valence-corrected chi connectivity index (χ2v) is 7.47. The van der Waals surface area contributed by atoms with Crippen LogP contribution in [-0.4, -0.2) is 37.6 Å². The predicted molar refractivity (Wildman–Crippen MR) is 116 cm³/mol. The van der Waals surface area contributed by atoms with Gasteiger partial charge in [0.15, 0.2) is 0 Å². The number of carboxylic acids is 1. The Balaban J connectivity index is 1.95. The lowest BCUT2D eigenvalue weighted by Gasteiger charge is -2.11. The highest BCUT2D eigenvalue weighted by Crippen LogP contribution is 2.33. The molecule has 3 heterocycles. The van der Waals surface area contributed by atoms with E-state index in [4.69, 9.17) is 4.74 Å². The molecule has 3 aromatic heterocycles. The lowest BCUT2D eigenvalue weighted by molar-refractivity contribution is 0.0697. The molecule has 0 fully saturated rings. The van der Waals surface area contributed by atoms with E-state index in [1.807, 2.05) is 44.2 Å². The third-order valence-electron chi connectivity index (χ3n) is 5.06. The molecule has 158 valence electrons. The first-order valence-electron chi connectivity index (χ1n) is 9.86. The highest BCUT2D eigenvalue weighted by molar-refractivity contribution is 6.02. The smallest absolute Gasteiger partial charge is 0.339 e. The molecular weight excluding hydrogens is 396 g/mol. The minimum Gasteiger partial charge on any atom is -0.481 e. The molecule has 0 atom stereocenters. The van der Waals surface area contributed by atoms with Crippen molar-refractivity contribution in [3.63, 3.8) is 0 Å². The largest absolute Gasteiger partial charge is 0.481 e. The van der Waals surface area contributed by atoms with Crippen molar-refractivity contribution in [3.05, 3.63) is 81.8 Å². The molecule has 0 radical (unpaired) electrons. The molecule has 4 rings (SSSR count). The van der Waals surface area contributed by atoms with E-state index >= 15 is 0 Å². The lowest BCUT2D eigenvalue weighted by atomic mass is 10.0. The Morgan fingerprint density at radius 1 is 1.06 bits per heavy atom. The number of aromatic nitrogens is 4. The molecule has 1 aromatic carbocycles. The van der Waals surface area contributed by atoms with Gasteiger partial charge in [-0.25, -0.2) is 9.48 Å². The van der Waals surface area contributed by atoms with Gasteiger partial charge in [-0.3, -0.25) is 4.79 Å². The second-order valence-electron chi connectivity index (χ2n) is 7.47. The molecule has 0 amide bonds. The molecule has 0 unspecified atom stereocenters. The van der Waals surface area contributed by atoms with Gasteiger partial charge in [0.1, 0.15) is 5.56 Å². The normalized spacial score (nSPS) is 11.2. The Morgan fingerprint density at radius 3 is 2.45 bits per heavy atom. The molecule has 4 aromatic rings. The minimum atomic E-state index is -1.08. The third-order valence-corrected chi connectivity index (χ3v) is 5.06. The van der Waals surface area contributed by atoms with Gasteiger partial charge in [0, 0.05) is 17.7 Å². The summed E-state index contributed by atoms with van der Waals surface area (Å²) in [5.41, 5.74) is 2.66. The summed E-state index contributed by atoms with van der Waals surface area (Å²) in [5, 5.41) is 19.0. The summed E-state index contributed by atoms with van der Waals surface area (Å²) >= 11 is 0.